The highest BCUT2D eigenvalue weighted by atomic mass is 32.1. The van der Waals surface area contributed by atoms with Crippen LogP contribution in [0.1, 0.15) is 31.4 Å². The standard InChI is InChI=1S/C11H16N2S/c1-9(2)13-5-3-10(4-6-13)11-7-14-8-12-11/h7-8,10H,1,3-6H2,2H3. The van der Waals surface area contributed by atoms with E-state index < -0.39 is 0 Å². The average Bonchev–Trinajstić information content (AvgIpc) is 2.71. The number of hydrogen-bond acceptors (Lipinski definition) is 3. The van der Waals surface area contributed by atoms with Gasteiger partial charge in [-0.05, 0) is 19.8 Å². The number of allylic oxidation sites excluding steroid dienone is 1. The van der Waals surface area contributed by atoms with Crippen molar-refractivity contribution in [3.8, 4) is 0 Å². The number of likely N-dealkylation sites (tertiary alicyclic amines) is 1. The first-order valence-electron chi connectivity index (χ1n) is 5.06. The molecule has 2 nitrogen and oxygen atoms in total. The molecule has 2 rings (SSSR count). The lowest BCUT2D eigenvalue weighted by Gasteiger charge is -2.33. The van der Waals surface area contributed by atoms with Crippen LogP contribution in [0.3, 0.4) is 0 Å². The predicted octanol–water partition coefficient (Wildman–Crippen LogP) is 2.86. The van der Waals surface area contributed by atoms with E-state index in [1.54, 1.807) is 11.3 Å². The minimum atomic E-state index is 0.678. The third-order valence-corrected chi connectivity index (χ3v) is 3.51. The van der Waals surface area contributed by atoms with Crippen LogP contribution in [-0.4, -0.2) is 23.0 Å². The largest absolute Gasteiger partial charge is 0.375 e. The summed E-state index contributed by atoms with van der Waals surface area (Å²) in [7, 11) is 0. The van der Waals surface area contributed by atoms with Gasteiger partial charge in [0.1, 0.15) is 0 Å². The molecule has 1 aliphatic heterocycles. The lowest BCUT2D eigenvalue weighted by atomic mass is 9.94. The Morgan fingerprint density at radius 3 is 2.79 bits per heavy atom. The number of thiazole rings is 1. The minimum absolute atomic E-state index is 0.678. The fraction of sp³-hybridized carbons (Fsp3) is 0.545. The van der Waals surface area contributed by atoms with Crippen LogP contribution in [-0.2, 0) is 0 Å². The highest BCUT2D eigenvalue weighted by Gasteiger charge is 2.21. The first-order chi connectivity index (χ1) is 6.77. The first-order valence-corrected chi connectivity index (χ1v) is 6.00. The molecule has 3 heteroatoms. The molecule has 0 N–H and O–H groups in total. The number of aromatic nitrogens is 1. The molecule has 0 aliphatic carbocycles. The van der Waals surface area contributed by atoms with E-state index in [1.807, 2.05) is 5.51 Å². The van der Waals surface area contributed by atoms with Gasteiger partial charge in [0.2, 0.25) is 0 Å². The minimum Gasteiger partial charge on any atom is -0.375 e. The maximum Gasteiger partial charge on any atom is 0.0794 e. The Morgan fingerprint density at radius 1 is 1.57 bits per heavy atom. The van der Waals surface area contributed by atoms with Crippen LogP contribution >= 0.6 is 11.3 Å². The van der Waals surface area contributed by atoms with Gasteiger partial charge in [0.25, 0.3) is 0 Å². The van der Waals surface area contributed by atoms with Crippen LogP contribution in [0.4, 0.5) is 0 Å². The fourth-order valence-electron chi connectivity index (χ4n) is 1.98. The molecule has 0 aromatic carbocycles. The van der Waals surface area contributed by atoms with Gasteiger partial charge >= 0.3 is 0 Å². The first kappa shape index (κ1) is 9.71. The van der Waals surface area contributed by atoms with Crippen molar-refractivity contribution in [2.75, 3.05) is 13.1 Å². The lowest BCUT2D eigenvalue weighted by molar-refractivity contribution is 0.263. The molecule has 1 aliphatic rings. The van der Waals surface area contributed by atoms with Gasteiger partial charge < -0.3 is 4.90 Å². The van der Waals surface area contributed by atoms with E-state index in [4.69, 9.17) is 0 Å². The molecular formula is C11H16N2S. The van der Waals surface area contributed by atoms with E-state index in [0.717, 1.165) is 13.1 Å². The quantitative estimate of drug-likeness (QED) is 0.743. The summed E-state index contributed by atoms with van der Waals surface area (Å²) in [6.45, 7) is 8.34. The van der Waals surface area contributed by atoms with E-state index >= 15 is 0 Å². The van der Waals surface area contributed by atoms with Crippen LogP contribution < -0.4 is 0 Å². The average molecular weight is 208 g/mol. The van der Waals surface area contributed by atoms with Crippen molar-refractivity contribution in [3.05, 3.63) is 28.9 Å². The zero-order valence-electron chi connectivity index (χ0n) is 8.57. The zero-order chi connectivity index (χ0) is 9.97. The summed E-state index contributed by atoms with van der Waals surface area (Å²) < 4.78 is 0. The maximum atomic E-state index is 4.39. The molecule has 0 spiro atoms. The van der Waals surface area contributed by atoms with Crippen molar-refractivity contribution in [1.29, 1.82) is 0 Å². The number of rotatable bonds is 2. The molecule has 0 amide bonds. The lowest BCUT2D eigenvalue weighted by Crippen LogP contribution is -2.31. The van der Waals surface area contributed by atoms with Crippen LogP contribution in [0.5, 0.6) is 0 Å². The van der Waals surface area contributed by atoms with Crippen LogP contribution in [0.15, 0.2) is 23.2 Å². The van der Waals surface area contributed by atoms with Gasteiger partial charge in [-0.25, -0.2) is 4.98 Å². The summed E-state index contributed by atoms with van der Waals surface area (Å²) in [5, 5.41) is 2.18. The van der Waals surface area contributed by atoms with Crippen molar-refractivity contribution < 1.29 is 0 Å². The Bertz CT molecular complexity index is 297. The molecule has 0 bridgehead atoms. The SMILES string of the molecule is C=C(C)N1CCC(c2cscn2)CC1. The van der Waals surface area contributed by atoms with Gasteiger partial charge in [0.05, 0.1) is 11.2 Å². The molecule has 76 valence electrons. The second-order valence-electron chi connectivity index (χ2n) is 3.91. The normalized spacial score (nSPS) is 18.5. The number of nitrogens with zero attached hydrogens (tertiary/aromatic N) is 2. The van der Waals surface area contributed by atoms with Crippen molar-refractivity contribution in [2.24, 2.45) is 0 Å². The molecule has 1 fully saturated rings. The fourth-order valence-corrected chi connectivity index (χ4v) is 2.62. The smallest absolute Gasteiger partial charge is 0.0794 e. The molecule has 14 heavy (non-hydrogen) atoms. The van der Waals surface area contributed by atoms with Gasteiger partial charge in [-0.1, -0.05) is 6.58 Å². The van der Waals surface area contributed by atoms with Gasteiger partial charge in [-0.3, -0.25) is 0 Å². The van der Waals surface area contributed by atoms with Crippen molar-refractivity contribution >= 4 is 11.3 Å². The van der Waals surface area contributed by atoms with Gasteiger partial charge in [-0.15, -0.1) is 11.3 Å². The maximum absolute atomic E-state index is 4.39. The molecule has 0 radical (unpaired) electrons. The Morgan fingerprint density at radius 2 is 2.29 bits per heavy atom. The predicted molar refractivity (Wildman–Crippen MR) is 60.5 cm³/mol. The summed E-state index contributed by atoms with van der Waals surface area (Å²) in [6.07, 6.45) is 2.44. The topological polar surface area (TPSA) is 16.1 Å². The van der Waals surface area contributed by atoms with Gasteiger partial charge in [0.15, 0.2) is 0 Å². The van der Waals surface area contributed by atoms with Crippen LogP contribution in [0.25, 0.3) is 0 Å². The second kappa shape index (κ2) is 4.13. The third-order valence-electron chi connectivity index (χ3n) is 2.90. The third kappa shape index (κ3) is 1.98. The summed E-state index contributed by atoms with van der Waals surface area (Å²) in [5.41, 5.74) is 4.42. The van der Waals surface area contributed by atoms with Crippen molar-refractivity contribution in [1.82, 2.24) is 9.88 Å². The highest BCUT2D eigenvalue weighted by Crippen LogP contribution is 2.28. The van der Waals surface area contributed by atoms with E-state index in [2.05, 4.69) is 28.8 Å². The number of hydrogen-bond donors (Lipinski definition) is 0. The Balaban J connectivity index is 1.93. The summed E-state index contributed by atoms with van der Waals surface area (Å²) in [6, 6.07) is 0. The Kier molecular flexibility index (Phi) is 2.87. The van der Waals surface area contributed by atoms with E-state index in [0.29, 0.717) is 5.92 Å². The van der Waals surface area contributed by atoms with E-state index in [-0.39, 0.29) is 0 Å². The van der Waals surface area contributed by atoms with Gasteiger partial charge in [0, 0.05) is 30.1 Å². The second-order valence-corrected chi connectivity index (χ2v) is 4.63. The Hall–Kier alpha value is -0.830. The molecule has 1 saturated heterocycles. The van der Waals surface area contributed by atoms with E-state index in [1.165, 1.54) is 24.2 Å². The summed E-state index contributed by atoms with van der Waals surface area (Å²) in [5.74, 6) is 0.678. The molecular weight excluding hydrogens is 192 g/mol. The van der Waals surface area contributed by atoms with Crippen molar-refractivity contribution in [2.45, 2.75) is 25.7 Å². The molecule has 0 atom stereocenters. The van der Waals surface area contributed by atoms with Crippen LogP contribution in [0, 0.1) is 0 Å². The molecule has 0 unspecified atom stereocenters. The van der Waals surface area contributed by atoms with Crippen molar-refractivity contribution in [3.63, 3.8) is 0 Å². The molecule has 0 saturated carbocycles. The summed E-state index contributed by atoms with van der Waals surface area (Å²) >= 11 is 1.70. The molecule has 2 heterocycles. The van der Waals surface area contributed by atoms with Gasteiger partial charge in [-0.2, -0.15) is 0 Å². The molecule has 1 aromatic heterocycles. The van der Waals surface area contributed by atoms with Crippen LogP contribution in [0.2, 0.25) is 0 Å². The number of piperidine rings is 1. The zero-order valence-corrected chi connectivity index (χ0v) is 9.39. The summed E-state index contributed by atoms with van der Waals surface area (Å²) in [4.78, 5) is 6.75. The Labute approximate surface area is 89.3 Å². The molecule has 1 aromatic rings. The van der Waals surface area contributed by atoms with E-state index in [9.17, 15) is 0 Å². The highest BCUT2D eigenvalue weighted by molar-refractivity contribution is 7.07. The monoisotopic (exact) mass is 208 g/mol.